The van der Waals surface area contributed by atoms with Crippen LogP contribution in [0.1, 0.15) is 56.6 Å². The number of aryl methyl sites for hydroxylation is 2. The summed E-state index contributed by atoms with van der Waals surface area (Å²) < 4.78 is 8.46. The number of carbonyl (C=O) groups is 3. The Morgan fingerprint density at radius 2 is 1.88 bits per heavy atom. The first-order valence-corrected chi connectivity index (χ1v) is 11.3. The molecule has 1 aromatic heterocycles. The van der Waals surface area contributed by atoms with E-state index in [0.29, 0.717) is 31.4 Å². The van der Waals surface area contributed by atoms with Crippen LogP contribution < -0.4 is 16.7 Å². The van der Waals surface area contributed by atoms with Gasteiger partial charge in [-0.1, -0.05) is 6.07 Å². The SMILES string of the molecule is Cn1c(=O)n(C2CCC(=O)NC2=O)c2ccc(CCCOC(=O)C3CCC(N)CC3)cc21. The number of imide groups is 1. The Labute approximate surface area is 185 Å². The molecule has 1 unspecified atom stereocenters. The van der Waals surface area contributed by atoms with Crippen molar-refractivity contribution in [3.8, 4) is 0 Å². The molecule has 2 aliphatic rings. The smallest absolute Gasteiger partial charge is 0.329 e. The summed E-state index contributed by atoms with van der Waals surface area (Å²) in [4.78, 5) is 48.8. The summed E-state index contributed by atoms with van der Waals surface area (Å²) >= 11 is 0. The number of rotatable bonds is 6. The molecule has 1 saturated heterocycles. The predicted molar refractivity (Wildman–Crippen MR) is 118 cm³/mol. The Bertz CT molecular complexity index is 1090. The van der Waals surface area contributed by atoms with Crippen molar-refractivity contribution in [2.75, 3.05) is 6.61 Å². The maximum Gasteiger partial charge on any atom is 0.329 e. The fourth-order valence-electron chi connectivity index (χ4n) is 4.72. The van der Waals surface area contributed by atoms with E-state index >= 15 is 0 Å². The average Bonchev–Trinajstić information content (AvgIpc) is 3.02. The summed E-state index contributed by atoms with van der Waals surface area (Å²) in [6.07, 6.45) is 5.26. The molecule has 1 aliphatic carbocycles. The van der Waals surface area contributed by atoms with Gasteiger partial charge in [0, 0.05) is 19.5 Å². The van der Waals surface area contributed by atoms with Crippen molar-refractivity contribution in [1.29, 1.82) is 0 Å². The lowest BCUT2D eigenvalue weighted by atomic mass is 9.86. The van der Waals surface area contributed by atoms with Crippen LogP contribution in [0.15, 0.2) is 23.0 Å². The van der Waals surface area contributed by atoms with Gasteiger partial charge in [0.2, 0.25) is 11.8 Å². The van der Waals surface area contributed by atoms with E-state index in [1.165, 1.54) is 9.13 Å². The van der Waals surface area contributed by atoms with Gasteiger partial charge in [-0.3, -0.25) is 28.8 Å². The van der Waals surface area contributed by atoms with Crippen LogP contribution in [-0.4, -0.2) is 39.6 Å². The molecule has 2 aromatic rings. The molecule has 1 atom stereocenters. The van der Waals surface area contributed by atoms with Gasteiger partial charge >= 0.3 is 11.7 Å². The number of nitrogens with one attached hydrogen (secondary N) is 1. The van der Waals surface area contributed by atoms with E-state index in [2.05, 4.69) is 5.32 Å². The van der Waals surface area contributed by atoms with Crippen LogP contribution >= 0.6 is 0 Å². The van der Waals surface area contributed by atoms with Gasteiger partial charge in [-0.2, -0.15) is 0 Å². The van der Waals surface area contributed by atoms with Gasteiger partial charge in [-0.05, 0) is 62.6 Å². The van der Waals surface area contributed by atoms with E-state index in [-0.39, 0.29) is 35.9 Å². The quantitative estimate of drug-likeness (QED) is 0.395. The van der Waals surface area contributed by atoms with Crippen molar-refractivity contribution in [1.82, 2.24) is 14.5 Å². The normalized spacial score (nSPS) is 23.9. The molecule has 4 rings (SSSR count). The van der Waals surface area contributed by atoms with Crippen LogP contribution in [0.5, 0.6) is 0 Å². The van der Waals surface area contributed by atoms with Crippen LogP contribution in [0.25, 0.3) is 11.0 Å². The zero-order valence-electron chi connectivity index (χ0n) is 18.3. The van der Waals surface area contributed by atoms with Gasteiger partial charge in [0.1, 0.15) is 6.04 Å². The van der Waals surface area contributed by atoms with Crippen LogP contribution in [-0.2, 0) is 32.6 Å². The first-order chi connectivity index (χ1) is 15.3. The third kappa shape index (κ3) is 4.48. The molecule has 9 nitrogen and oxygen atoms in total. The minimum atomic E-state index is -0.691. The monoisotopic (exact) mass is 442 g/mol. The summed E-state index contributed by atoms with van der Waals surface area (Å²) in [6, 6.07) is 5.21. The number of piperidine rings is 1. The lowest BCUT2D eigenvalue weighted by Gasteiger charge is -2.24. The van der Waals surface area contributed by atoms with Crippen LogP contribution in [0, 0.1) is 5.92 Å². The number of nitrogens with two attached hydrogens (primary N) is 1. The zero-order valence-corrected chi connectivity index (χ0v) is 18.3. The molecule has 1 aromatic carbocycles. The number of amides is 2. The molecule has 2 fully saturated rings. The van der Waals surface area contributed by atoms with E-state index in [9.17, 15) is 19.2 Å². The third-order valence-electron chi connectivity index (χ3n) is 6.63. The van der Waals surface area contributed by atoms with E-state index in [4.69, 9.17) is 10.5 Å². The number of nitrogens with zero attached hydrogens (tertiary/aromatic N) is 2. The summed E-state index contributed by atoms with van der Waals surface area (Å²) in [5.41, 5.74) is 8.02. The summed E-state index contributed by atoms with van der Waals surface area (Å²) in [6.45, 7) is 0.357. The summed E-state index contributed by atoms with van der Waals surface area (Å²) in [7, 11) is 1.68. The summed E-state index contributed by atoms with van der Waals surface area (Å²) in [5, 5.41) is 2.32. The first kappa shape index (κ1) is 22.3. The maximum atomic E-state index is 12.8. The number of hydrogen-bond donors (Lipinski definition) is 2. The van der Waals surface area contributed by atoms with Crippen molar-refractivity contribution >= 4 is 28.8 Å². The molecule has 9 heteroatoms. The number of hydrogen-bond acceptors (Lipinski definition) is 6. The molecule has 0 radical (unpaired) electrons. The molecule has 1 aliphatic heterocycles. The number of fused-ring (bicyclic) bond motifs is 1. The molecule has 2 amide bonds. The van der Waals surface area contributed by atoms with Crippen molar-refractivity contribution in [2.45, 2.75) is 63.5 Å². The molecule has 0 spiro atoms. The highest BCUT2D eigenvalue weighted by atomic mass is 16.5. The minimum Gasteiger partial charge on any atom is -0.465 e. The van der Waals surface area contributed by atoms with Gasteiger partial charge < -0.3 is 10.5 Å². The van der Waals surface area contributed by atoms with Crippen molar-refractivity contribution in [3.05, 3.63) is 34.2 Å². The molecule has 1 saturated carbocycles. The largest absolute Gasteiger partial charge is 0.465 e. The van der Waals surface area contributed by atoms with Crippen LogP contribution in [0.3, 0.4) is 0 Å². The van der Waals surface area contributed by atoms with Gasteiger partial charge in [0.25, 0.3) is 0 Å². The maximum absolute atomic E-state index is 12.8. The van der Waals surface area contributed by atoms with E-state index < -0.39 is 11.9 Å². The highest BCUT2D eigenvalue weighted by Crippen LogP contribution is 2.25. The van der Waals surface area contributed by atoms with Gasteiger partial charge in [-0.25, -0.2) is 4.79 Å². The second-order valence-corrected chi connectivity index (χ2v) is 8.88. The Kier molecular flexibility index (Phi) is 6.45. The number of carbonyl (C=O) groups excluding carboxylic acids is 3. The second kappa shape index (κ2) is 9.28. The molecular formula is C23H30N4O5. The number of esters is 1. The second-order valence-electron chi connectivity index (χ2n) is 8.88. The Balaban J connectivity index is 1.39. The lowest BCUT2D eigenvalue weighted by molar-refractivity contribution is -0.149. The predicted octanol–water partition coefficient (Wildman–Crippen LogP) is 1.31. The van der Waals surface area contributed by atoms with Crippen molar-refractivity contribution < 1.29 is 19.1 Å². The fourth-order valence-corrected chi connectivity index (χ4v) is 4.72. The molecular weight excluding hydrogens is 412 g/mol. The Morgan fingerprint density at radius 3 is 2.59 bits per heavy atom. The molecule has 3 N–H and O–H groups in total. The number of imidazole rings is 1. The number of aromatic nitrogens is 2. The zero-order chi connectivity index (χ0) is 22.8. The highest BCUT2D eigenvalue weighted by Gasteiger charge is 2.31. The average molecular weight is 443 g/mol. The molecule has 0 bridgehead atoms. The van der Waals surface area contributed by atoms with E-state index in [1.54, 1.807) is 7.05 Å². The minimum absolute atomic E-state index is 0.0345. The van der Waals surface area contributed by atoms with E-state index in [0.717, 1.165) is 36.8 Å². The molecule has 2 heterocycles. The highest BCUT2D eigenvalue weighted by molar-refractivity contribution is 6.00. The topological polar surface area (TPSA) is 125 Å². The fraction of sp³-hybridized carbons (Fsp3) is 0.565. The standard InChI is InChI=1S/C23H30N4O5/c1-26-19-13-14(3-2-12-32-22(30)15-5-7-16(24)8-6-15)4-9-17(19)27(23(26)31)18-10-11-20(28)25-21(18)29/h4,9,13,15-16,18H,2-3,5-8,10-12,24H2,1H3,(H,25,28,29). The summed E-state index contributed by atoms with van der Waals surface area (Å²) in [5.74, 6) is -0.917. The van der Waals surface area contributed by atoms with Gasteiger partial charge in [0.05, 0.1) is 23.6 Å². The molecule has 172 valence electrons. The first-order valence-electron chi connectivity index (χ1n) is 11.3. The van der Waals surface area contributed by atoms with Gasteiger partial charge in [-0.15, -0.1) is 0 Å². The number of ether oxygens (including phenoxy) is 1. The molecule has 32 heavy (non-hydrogen) atoms. The Morgan fingerprint density at radius 1 is 1.12 bits per heavy atom. The van der Waals surface area contributed by atoms with Crippen molar-refractivity contribution in [3.63, 3.8) is 0 Å². The van der Waals surface area contributed by atoms with Crippen molar-refractivity contribution in [2.24, 2.45) is 18.7 Å². The van der Waals surface area contributed by atoms with Gasteiger partial charge in [0.15, 0.2) is 0 Å². The lowest BCUT2D eigenvalue weighted by Crippen LogP contribution is -2.44. The third-order valence-corrected chi connectivity index (χ3v) is 6.63. The van der Waals surface area contributed by atoms with Crippen LogP contribution in [0.2, 0.25) is 0 Å². The van der Waals surface area contributed by atoms with Crippen LogP contribution in [0.4, 0.5) is 0 Å². The number of benzene rings is 1. The van der Waals surface area contributed by atoms with E-state index in [1.807, 2.05) is 18.2 Å². The Hall–Kier alpha value is -2.94.